The Morgan fingerprint density at radius 3 is 2.90 bits per heavy atom. The molecule has 1 unspecified atom stereocenters. The summed E-state index contributed by atoms with van der Waals surface area (Å²) in [5, 5.41) is 29.4. The van der Waals surface area contributed by atoms with E-state index in [-0.39, 0.29) is 11.8 Å². The van der Waals surface area contributed by atoms with E-state index in [1.54, 1.807) is 6.07 Å². The van der Waals surface area contributed by atoms with Crippen molar-refractivity contribution in [2.75, 3.05) is 0 Å². The Morgan fingerprint density at radius 2 is 2.10 bits per heavy atom. The lowest BCUT2D eigenvalue weighted by Crippen LogP contribution is -2.19. The fourth-order valence-corrected chi connectivity index (χ4v) is 2.21. The van der Waals surface area contributed by atoms with Gasteiger partial charge in [0.25, 0.3) is 0 Å². The van der Waals surface area contributed by atoms with E-state index in [0.717, 1.165) is 16.3 Å². The highest BCUT2D eigenvalue weighted by molar-refractivity contribution is 5.87. The molecule has 0 radical (unpaired) electrons. The predicted octanol–water partition coefficient (Wildman–Crippen LogP) is 1.91. The third kappa shape index (κ3) is 2.33. The zero-order valence-corrected chi connectivity index (χ0v) is 11.0. The van der Waals surface area contributed by atoms with E-state index in [1.807, 2.05) is 37.3 Å². The van der Waals surface area contributed by atoms with Crippen LogP contribution >= 0.6 is 0 Å². The third-order valence-electron chi connectivity index (χ3n) is 3.35. The fraction of sp³-hybridized carbons (Fsp3) is 0.214. The fourth-order valence-electron chi connectivity index (χ4n) is 2.21. The molecule has 1 heterocycles. The van der Waals surface area contributed by atoms with Gasteiger partial charge in [0.05, 0.1) is 6.04 Å². The molecule has 6 nitrogen and oxygen atoms in total. The highest BCUT2D eigenvalue weighted by Crippen LogP contribution is 2.27. The van der Waals surface area contributed by atoms with Crippen LogP contribution in [-0.2, 0) is 6.54 Å². The molecule has 0 spiro atoms. The van der Waals surface area contributed by atoms with Crippen molar-refractivity contribution in [3.8, 4) is 5.75 Å². The van der Waals surface area contributed by atoms with Crippen LogP contribution in [0.15, 0.2) is 36.4 Å². The number of nitrogens with zero attached hydrogens (tertiary/aromatic N) is 3. The highest BCUT2D eigenvalue weighted by atomic mass is 16.3. The van der Waals surface area contributed by atoms with Gasteiger partial charge < -0.3 is 10.4 Å². The minimum Gasteiger partial charge on any atom is -0.508 e. The van der Waals surface area contributed by atoms with Gasteiger partial charge in [0.2, 0.25) is 0 Å². The van der Waals surface area contributed by atoms with E-state index >= 15 is 0 Å². The molecule has 0 amide bonds. The first-order chi connectivity index (χ1) is 9.75. The van der Waals surface area contributed by atoms with Crippen molar-refractivity contribution in [3.63, 3.8) is 0 Å². The molecule has 0 saturated carbocycles. The van der Waals surface area contributed by atoms with Crippen LogP contribution in [0.5, 0.6) is 5.75 Å². The smallest absolute Gasteiger partial charge is 0.191 e. The van der Waals surface area contributed by atoms with Gasteiger partial charge in [0.1, 0.15) is 5.75 Å². The molecule has 0 aliphatic rings. The van der Waals surface area contributed by atoms with Gasteiger partial charge in [-0.25, -0.2) is 0 Å². The van der Waals surface area contributed by atoms with Crippen molar-refractivity contribution in [1.82, 2.24) is 25.9 Å². The summed E-state index contributed by atoms with van der Waals surface area (Å²) in [6.45, 7) is 2.48. The average molecular weight is 269 g/mol. The van der Waals surface area contributed by atoms with Gasteiger partial charge in [-0.05, 0) is 23.8 Å². The van der Waals surface area contributed by atoms with Crippen LogP contribution in [-0.4, -0.2) is 25.7 Å². The van der Waals surface area contributed by atoms with E-state index in [1.165, 1.54) is 0 Å². The van der Waals surface area contributed by atoms with Crippen LogP contribution in [0.3, 0.4) is 0 Å². The topological polar surface area (TPSA) is 86.7 Å². The molecule has 0 saturated heterocycles. The largest absolute Gasteiger partial charge is 0.508 e. The van der Waals surface area contributed by atoms with Crippen molar-refractivity contribution in [2.24, 2.45) is 0 Å². The standard InChI is InChI=1S/C14H15N5O/c1-9(14-16-18-19-17-14)15-8-12-11-5-3-2-4-10(11)6-7-13(12)20/h2-7,9,15,20H,8H2,1H3,(H,16,17,18,19). The normalized spacial score (nSPS) is 12.7. The second kappa shape index (κ2) is 5.26. The Balaban J connectivity index is 1.85. The Labute approximate surface area is 115 Å². The van der Waals surface area contributed by atoms with E-state index in [0.29, 0.717) is 12.4 Å². The summed E-state index contributed by atoms with van der Waals surface area (Å²) < 4.78 is 0. The summed E-state index contributed by atoms with van der Waals surface area (Å²) in [4.78, 5) is 0. The maximum Gasteiger partial charge on any atom is 0.191 e. The van der Waals surface area contributed by atoms with Gasteiger partial charge in [-0.15, -0.1) is 10.2 Å². The number of rotatable bonds is 4. The van der Waals surface area contributed by atoms with E-state index in [2.05, 4.69) is 25.9 Å². The molecule has 1 aromatic heterocycles. The van der Waals surface area contributed by atoms with Crippen molar-refractivity contribution in [1.29, 1.82) is 0 Å². The van der Waals surface area contributed by atoms with Crippen molar-refractivity contribution in [3.05, 3.63) is 47.8 Å². The number of aromatic hydroxyl groups is 1. The number of aromatic amines is 1. The first kappa shape index (κ1) is 12.6. The second-order valence-electron chi connectivity index (χ2n) is 4.66. The minimum atomic E-state index is -0.0490. The Morgan fingerprint density at radius 1 is 1.25 bits per heavy atom. The van der Waals surface area contributed by atoms with Gasteiger partial charge in [-0.1, -0.05) is 35.5 Å². The van der Waals surface area contributed by atoms with Gasteiger partial charge in [-0.2, -0.15) is 5.21 Å². The van der Waals surface area contributed by atoms with Crippen LogP contribution in [0, 0.1) is 0 Å². The lowest BCUT2D eigenvalue weighted by molar-refractivity contribution is 0.460. The number of H-pyrrole nitrogens is 1. The number of fused-ring (bicyclic) bond motifs is 1. The molecular formula is C14H15N5O. The lowest BCUT2D eigenvalue weighted by atomic mass is 10.0. The molecule has 2 aromatic carbocycles. The van der Waals surface area contributed by atoms with Crippen LogP contribution in [0.2, 0.25) is 0 Å². The van der Waals surface area contributed by atoms with Gasteiger partial charge in [0.15, 0.2) is 5.82 Å². The Hall–Kier alpha value is -2.47. The maximum absolute atomic E-state index is 10.1. The van der Waals surface area contributed by atoms with Crippen LogP contribution in [0.1, 0.15) is 24.4 Å². The zero-order chi connectivity index (χ0) is 13.9. The highest BCUT2D eigenvalue weighted by Gasteiger charge is 2.12. The molecule has 3 rings (SSSR count). The molecular weight excluding hydrogens is 254 g/mol. The number of benzene rings is 2. The number of aromatic nitrogens is 4. The Kier molecular flexibility index (Phi) is 3.30. The molecule has 0 aliphatic carbocycles. The molecule has 20 heavy (non-hydrogen) atoms. The maximum atomic E-state index is 10.1. The van der Waals surface area contributed by atoms with Crippen LogP contribution in [0.25, 0.3) is 10.8 Å². The number of hydrogen-bond acceptors (Lipinski definition) is 5. The number of phenolic OH excluding ortho intramolecular Hbond substituents is 1. The number of hydrogen-bond donors (Lipinski definition) is 3. The molecule has 3 aromatic rings. The average Bonchev–Trinajstić information content (AvgIpc) is 3.00. The van der Waals surface area contributed by atoms with Crippen LogP contribution in [0.4, 0.5) is 0 Å². The molecule has 1 atom stereocenters. The summed E-state index contributed by atoms with van der Waals surface area (Å²) in [7, 11) is 0. The summed E-state index contributed by atoms with van der Waals surface area (Å²) in [6.07, 6.45) is 0. The molecule has 6 heteroatoms. The summed E-state index contributed by atoms with van der Waals surface area (Å²) >= 11 is 0. The second-order valence-corrected chi connectivity index (χ2v) is 4.66. The first-order valence-corrected chi connectivity index (χ1v) is 6.42. The molecule has 3 N–H and O–H groups in total. The minimum absolute atomic E-state index is 0.0490. The van der Waals surface area contributed by atoms with E-state index in [4.69, 9.17) is 0 Å². The van der Waals surface area contributed by atoms with E-state index < -0.39 is 0 Å². The predicted molar refractivity (Wildman–Crippen MR) is 75.0 cm³/mol. The lowest BCUT2D eigenvalue weighted by Gasteiger charge is -2.13. The quantitative estimate of drug-likeness (QED) is 0.673. The summed E-state index contributed by atoms with van der Waals surface area (Å²) in [6, 6.07) is 11.6. The molecule has 0 bridgehead atoms. The van der Waals surface area contributed by atoms with E-state index in [9.17, 15) is 5.11 Å². The SMILES string of the molecule is CC(NCc1c(O)ccc2ccccc12)c1nn[nH]n1. The molecule has 0 aliphatic heterocycles. The molecule has 0 fully saturated rings. The van der Waals surface area contributed by atoms with Crippen molar-refractivity contribution >= 4 is 10.8 Å². The summed E-state index contributed by atoms with van der Waals surface area (Å²) in [5.41, 5.74) is 0.874. The molecule has 102 valence electrons. The Bertz CT molecular complexity index is 711. The van der Waals surface area contributed by atoms with Gasteiger partial charge in [-0.3, -0.25) is 0 Å². The number of tetrazole rings is 1. The first-order valence-electron chi connectivity index (χ1n) is 6.42. The number of nitrogens with one attached hydrogen (secondary N) is 2. The monoisotopic (exact) mass is 269 g/mol. The summed E-state index contributed by atoms with van der Waals surface area (Å²) in [5.74, 6) is 0.890. The van der Waals surface area contributed by atoms with Gasteiger partial charge >= 0.3 is 0 Å². The zero-order valence-electron chi connectivity index (χ0n) is 11.0. The van der Waals surface area contributed by atoms with Crippen molar-refractivity contribution in [2.45, 2.75) is 19.5 Å². The van der Waals surface area contributed by atoms with Gasteiger partial charge in [0, 0.05) is 12.1 Å². The van der Waals surface area contributed by atoms with Crippen molar-refractivity contribution < 1.29 is 5.11 Å². The number of phenols is 1. The van der Waals surface area contributed by atoms with Crippen LogP contribution < -0.4 is 5.32 Å². The third-order valence-corrected chi connectivity index (χ3v) is 3.35.